The Morgan fingerprint density at radius 3 is 2.53 bits per heavy atom. The summed E-state index contributed by atoms with van der Waals surface area (Å²) in [6, 6.07) is 8.74. The average Bonchev–Trinajstić information content (AvgIpc) is 3.19. The molecule has 1 aromatic rings. The molecule has 3 aliphatic rings. The maximum atomic E-state index is 10.6. The van der Waals surface area contributed by atoms with Crippen LogP contribution in [-0.4, -0.2) is 67.5 Å². The molecule has 4 rings (SSSR count). The van der Waals surface area contributed by atoms with Crippen molar-refractivity contribution >= 4 is 11.7 Å². The van der Waals surface area contributed by atoms with Crippen LogP contribution >= 0.6 is 0 Å². The van der Waals surface area contributed by atoms with Crippen molar-refractivity contribution in [3.63, 3.8) is 0 Å². The molecule has 0 unspecified atom stereocenters. The van der Waals surface area contributed by atoms with Gasteiger partial charge in [-0.15, -0.1) is 0 Å². The maximum Gasteiger partial charge on any atom is 0.490 e. The van der Waals surface area contributed by atoms with E-state index in [0.29, 0.717) is 17.0 Å². The molecular formula is C22H29F3N4O3. The molecule has 1 aliphatic carbocycles. The van der Waals surface area contributed by atoms with Gasteiger partial charge in [-0.25, -0.2) is 4.79 Å². The van der Waals surface area contributed by atoms with Crippen molar-refractivity contribution in [2.45, 2.75) is 50.4 Å². The molecule has 2 heterocycles. The van der Waals surface area contributed by atoms with Crippen molar-refractivity contribution in [2.75, 3.05) is 38.5 Å². The number of carboxylic acid groups (broad SMARTS) is 1. The third-order valence-electron chi connectivity index (χ3n) is 6.37. The minimum absolute atomic E-state index is 0.218. The summed E-state index contributed by atoms with van der Waals surface area (Å²) in [7, 11) is 2.15. The van der Waals surface area contributed by atoms with Crippen LogP contribution in [-0.2, 0) is 4.79 Å². The number of rotatable bonds is 4. The van der Waals surface area contributed by atoms with Crippen molar-refractivity contribution in [1.82, 2.24) is 10.2 Å². The number of alkyl halides is 3. The van der Waals surface area contributed by atoms with Gasteiger partial charge >= 0.3 is 12.1 Å². The first-order chi connectivity index (χ1) is 15.1. The first-order valence-corrected chi connectivity index (χ1v) is 10.8. The first kappa shape index (κ1) is 24.1. The number of carbonyl (C=O) groups is 1. The number of benzene rings is 1. The molecule has 1 spiro atoms. The van der Waals surface area contributed by atoms with E-state index in [2.05, 4.69) is 28.7 Å². The molecular weight excluding hydrogens is 425 g/mol. The fourth-order valence-corrected chi connectivity index (χ4v) is 4.55. The van der Waals surface area contributed by atoms with Crippen LogP contribution in [0.4, 0.5) is 18.9 Å². The lowest BCUT2D eigenvalue weighted by Gasteiger charge is -2.45. The fraction of sp³-hybridized carbons (Fsp3) is 0.636. The van der Waals surface area contributed by atoms with E-state index in [-0.39, 0.29) is 6.10 Å². The van der Waals surface area contributed by atoms with E-state index in [9.17, 15) is 18.4 Å². The highest BCUT2D eigenvalue weighted by atomic mass is 19.4. The molecule has 176 valence electrons. The fourth-order valence-electron chi connectivity index (χ4n) is 4.55. The van der Waals surface area contributed by atoms with Gasteiger partial charge in [-0.1, -0.05) is 0 Å². The van der Waals surface area contributed by atoms with Crippen molar-refractivity contribution in [1.29, 1.82) is 5.26 Å². The molecule has 1 aromatic carbocycles. The van der Waals surface area contributed by atoms with Crippen molar-refractivity contribution in [3.8, 4) is 11.8 Å². The third-order valence-corrected chi connectivity index (χ3v) is 6.37. The van der Waals surface area contributed by atoms with Crippen LogP contribution in [0.15, 0.2) is 18.2 Å². The molecule has 2 aliphatic heterocycles. The zero-order valence-electron chi connectivity index (χ0n) is 18.0. The largest absolute Gasteiger partial charge is 0.490 e. The van der Waals surface area contributed by atoms with Crippen LogP contribution in [0, 0.1) is 16.7 Å². The summed E-state index contributed by atoms with van der Waals surface area (Å²) in [5.41, 5.74) is 2.25. The quantitative estimate of drug-likeness (QED) is 0.643. The number of anilines is 1. The van der Waals surface area contributed by atoms with Crippen molar-refractivity contribution in [2.24, 2.45) is 5.41 Å². The van der Waals surface area contributed by atoms with Crippen LogP contribution in [0.1, 0.15) is 37.7 Å². The highest BCUT2D eigenvalue weighted by molar-refractivity contribution is 5.73. The van der Waals surface area contributed by atoms with Gasteiger partial charge in [0.1, 0.15) is 17.9 Å². The smallest absolute Gasteiger partial charge is 0.489 e. The Labute approximate surface area is 185 Å². The van der Waals surface area contributed by atoms with Gasteiger partial charge in [-0.3, -0.25) is 0 Å². The van der Waals surface area contributed by atoms with Gasteiger partial charge in [-0.2, -0.15) is 18.4 Å². The normalized spacial score (nSPS) is 25.9. The van der Waals surface area contributed by atoms with E-state index in [1.165, 1.54) is 25.8 Å². The second-order valence-corrected chi connectivity index (χ2v) is 8.92. The molecule has 0 radical (unpaired) electrons. The monoisotopic (exact) mass is 454 g/mol. The second kappa shape index (κ2) is 9.96. The highest BCUT2D eigenvalue weighted by Gasteiger charge is 2.45. The predicted octanol–water partition coefficient (Wildman–Crippen LogP) is 3.22. The number of carboxylic acids is 1. The molecule has 32 heavy (non-hydrogen) atoms. The van der Waals surface area contributed by atoms with Gasteiger partial charge in [0.2, 0.25) is 0 Å². The summed E-state index contributed by atoms with van der Waals surface area (Å²) in [5.74, 6) is -2.02. The zero-order valence-corrected chi connectivity index (χ0v) is 18.0. The summed E-state index contributed by atoms with van der Waals surface area (Å²) >= 11 is 0. The summed E-state index contributed by atoms with van der Waals surface area (Å²) in [6.07, 6.45) is 0.975. The van der Waals surface area contributed by atoms with Crippen LogP contribution in [0.25, 0.3) is 0 Å². The number of halogens is 3. The summed E-state index contributed by atoms with van der Waals surface area (Å²) < 4.78 is 37.9. The number of likely N-dealkylation sites (tertiary alicyclic amines) is 1. The van der Waals surface area contributed by atoms with Gasteiger partial charge < -0.3 is 25.4 Å². The molecule has 3 N–H and O–H groups in total. The van der Waals surface area contributed by atoms with Crippen LogP contribution in [0.5, 0.6) is 5.75 Å². The lowest BCUT2D eigenvalue weighted by molar-refractivity contribution is -0.192. The van der Waals surface area contributed by atoms with Crippen LogP contribution in [0.3, 0.4) is 0 Å². The summed E-state index contributed by atoms with van der Waals surface area (Å²) in [6.45, 7) is 4.45. The predicted molar refractivity (Wildman–Crippen MR) is 113 cm³/mol. The van der Waals surface area contributed by atoms with Gasteiger partial charge in [0.15, 0.2) is 0 Å². The number of hydrogen-bond donors (Lipinski definition) is 3. The van der Waals surface area contributed by atoms with Gasteiger partial charge in [-0.05, 0) is 63.2 Å². The van der Waals surface area contributed by atoms with Crippen molar-refractivity contribution < 1.29 is 27.8 Å². The Morgan fingerprint density at radius 1 is 1.34 bits per heavy atom. The van der Waals surface area contributed by atoms with Crippen molar-refractivity contribution in [3.05, 3.63) is 23.8 Å². The minimum atomic E-state index is -5.08. The Kier molecular flexibility index (Phi) is 7.51. The Balaban J connectivity index is 0.000000360. The summed E-state index contributed by atoms with van der Waals surface area (Å²) in [5, 5.41) is 23.6. The number of nitrogens with zero attached hydrogens (tertiary/aromatic N) is 2. The third kappa shape index (κ3) is 6.26. The zero-order chi connectivity index (χ0) is 23.4. The average molecular weight is 454 g/mol. The van der Waals surface area contributed by atoms with E-state index in [0.717, 1.165) is 43.9 Å². The molecule has 10 heteroatoms. The van der Waals surface area contributed by atoms with Crippen LogP contribution in [0.2, 0.25) is 0 Å². The maximum absolute atomic E-state index is 10.6. The molecule has 7 nitrogen and oxygen atoms in total. The highest BCUT2D eigenvalue weighted by Crippen LogP contribution is 2.46. The molecule has 0 bridgehead atoms. The SMILES string of the molecule is CN1CCC(Oc2cc(NC3CC4(CCNC4)C3)ccc2C#N)CC1.O=C(O)C(F)(F)F. The van der Waals surface area contributed by atoms with Crippen LogP contribution < -0.4 is 15.4 Å². The number of hydrogen-bond acceptors (Lipinski definition) is 6. The number of ether oxygens (including phenoxy) is 1. The Bertz CT molecular complexity index is 834. The Morgan fingerprint density at radius 2 is 2.00 bits per heavy atom. The summed E-state index contributed by atoms with van der Waals surface area (Å²) in [4.78, 5) is 11.2. The number of piperidine rings is 1. The van der Waals surface area contributed by atoms with E-state index < -0.39 is 12.1 Å². The molecule has 2 saturated heterocycles. The standard InChI is InChI=1S/C20H28N4O.C2HF3O2/c1-24-8-4-18(5-9-24)25-19-10-16(3-2-15(19)13-21)23-17-11-20(12-17)6-7-22-14-20;3-2(4,5)1(6)7/h2-3,10,17-18,22-23H,4-9,11-12,14H2,1H3;(H,6,7). The lowest BCUT2D eigenvalue weighted by Crippen LogP contribution is -2.46. The van der Waals surface area contributed by atoms with Gasteiger partial charge in [0.05, 0.1) is 5.56 Å². The van der Waals surface area contributed by atoms with Gasteiger partial charge in [0, 0.05) is 37.4 Å². The molecule has 3 fully saturated rings. The molecule has 0 amide bonds. The second-order valence-electron chi connectivity index (χ2n) is 8.92. The molecule has 1 saturated carbocycles. The molecule has 0 aromatic heterocycles. The topological polar surface area (TPSA) is 97.6 Å². The number of aliphatic carboxylic acids is 1. The molecule has 0 atom stereocenters. The van der Waals surface area contributed by atoms with Gasteiger partial charge in [0.25, 0.3) is 0 Å². The van der Waals surface area contributed by atoms with E-state index >= 15 is 0 Å². The van der Waals surface area contributed by atoms with E-state index in [4.69, 9.17) is 14.6 Å². The number of nitriles is 1. The number of nitrogens with one attached hydrogen (secondary N) is 2. The Hall–Kier alpha value is -2.51. The first-order valence-electron chi connectivity index (χ1n) is 10.8. The van der Waals surface area contributed by atoms with E-state index in [1.807, 2.05) is 18.2 Å². The van der Waals surface area contributed by atoms with E-state index in [1.54, 1.807) is 0 Å². The minimum Gasteiger partial charge on any atom is -0.489 e. The lowest BCUT2D eigenvalue weighted by atomic mass is 9.65.